The second-order valence-corrected chi connectivity index (χ2v) is 8.65. The van der Waals surface area contributed by atoms with Crippen LogP contribution in [0.1, 0.15) is 17.3 Å². The standard InChI is InChI=1S/C22H19ClF2N2O5S/c1-2-31-16-7-5-15(6-8-16)27-33(29,30)18-11-12-20(23)19(13-18)21(28)26-14-3-9-17(10-4-14)32-22(24)25/h3-13,22,27H,2H2,1H3,(H,26,28). The van der Waals surface area contributed by atoms with E-state index in [4.69, 9.17) is 16.3 Å². The number of carbonyl (C=O) groups is 1. The van der Waals surface area contributed by atoms with Gasteiger partial charge in [-0.2, -0.15) is 8.78 Å². The molecule has 3 aromatic carbocycles. The number of benzene rings is 3. The quantitative estimate of drug-likeness (QED) is 0.414. The minimum absolute atomic E-state index is 0.0326. The lowest BCUT2D eigenvalue weighted by molar-refractivity contribution is -0.0498. The molecule has 1 amide bonds. The van der Waals surface area contributed by atoms with E-state index in [1.165, 1.54) is 36.4 Å². The van der Waals surface area contributed by atoms with Crippen molar-refractivity contribution in [3.8, 4) is 11.5 Å². The Morgan fingerprint density at radius 2 is 1.58 bits per heavy atom. The molecule has 0 aromatic heterocycles. The molecule has 33 heavy (non-hydrogen) atoms. The smallest absolute Gasteiger partial charge is 0.387 e. The summed E-state index contributed by atoms with van der Waals surface area (Å²) in [6, 6.07) is 15.3. The summed E-state index contributed by atoms with van der Waals surface area (Å²) in [6.45, 7) is -0.652. The molecular formula is C22H19ClF2N2O5S. The van der Waals surface area contributed by atoms with Crippen LogP contribution in [0.3, 0.4) is 0 Å². The van der Waals surface area contributed by atoms with Crippen LogP contribution in [0.25, 0.3) is 0 Å². The van der Waals surface area contributed by atoms with Gasteiger partial charge in [-0.25, -0.2) is 8.42 Å². The van der Waals surface area contributed by atoms with E-state index in [1.54, 1.807) is 24.3 Å². The van der Waals surface area contributed by atoms with Gasteiger partial charge in [-0.15, -0.1) is 0 Å². The second-order valence-electron chi connectivity index (χ2n) is 6.56. The molecule has 0 aliphatic rings. The van der Waals surface area contributed by atoms with E-state index in [0.717, 1.165) is 6.07 Å². The summed E-state index contributed by atoms with van der Waals surface area (Å²) in [7, 11) is -4.02. The zero-order valence-electron chi connectivity index (χ0n) is 17.2. The fourth-order valence-corrected chi connectivity index (χ4v) is 4.05. The number of halogens is 3. The van der Waals surface area contributed by atoms with E-state index in [2.05, 4.69) is 14.8 Å². The number of amides is 1. The summed E-state index contributed by atoms with van der Waals surface area (Å²) in [4.78, 5) is 12.5. The zero-order valence-corrected chi connectivity index (χ0v) is 18.8. The van der Waals surface area contributed by atoms with Gasteiger partial charge in [-0.05, 0) is 73.7 Å². The first-order valence-corrected chi connectivity index (χ1v) is 11.5. The molecule has 3 aromatic rings. The van der Waals surface area contributed by atoms with Crippen LogP contribution in [0.4, 0.5) is 20.2 Å². The van der Waals surface area contributed by atoms with Gasteiger partial charge in [0.15, 0.2) is 0 Å². The van der Waals surface area contributed by atoms with Gasteiger partial charge < -0.3 is 14.8 Å². The fourth-order valence-electron chi connectivity index (χ4n) is 2.76. The van der Waals surface area contributed by atoms with Crippen molar-refractivity contribution in [3.05, 3.63) is 77.3 Å². The van der Waals surface area contributed by atoms with E-state index in [-0.39, 0.29) is 26.9 Å². The van der Waals surface area contributed by atoms with Crippen molar-refractivity contribution in [2.45, 2.75) is 18.4 Å². The summed E-state index contributed by atoms with van der Waals surface area (Å²) < 4.78 is 62.1. The molecule has 0 aliphatic carbocycles. The molecule has 2 N–H and O–H groups in total. The summed E-state index contributed by atoms with van der Waals surface area (Å²) in [5.41, 5.74) is 0.503. The third kappa shape index (κ3) is 6.56. The van der Waals surface area contributed by atoms with Crippen LogP contribution in [0.2, 0.25) is 5.02 Å². The van der Waals surface area contributed by atoms with Crippen LogP contribution in [0.15, 0.2) is 71.6 Å². The molecule has 0 bridgehead atoms. The van der Waals surface area contributed by atoms with Crippen molar-refractivity contribution in [3.63, 3.8) is 0 Å². The normalized spacial score (nSPS) is 11.2. The zero-order chi connectivity index (χ0) is 24.0. The van der Waals surface area contributed by atoms with Crippen molar-refractivity contribution in [1.29, 1.82) is 0 Å². The Labute approximate surface area is 194 Å². The molecule has 0 radical (unpaired) electrons. The van der Waals surface area contributed by atoms with E-state index < -0.39 is 22.5 Å². The van der Waals surface area contributed by atoms with E-state index >= 15 is 0 Å². The number of hydrogen-bond donors (Lipinski definition) is 2. The molecule has 7 nitrogen and oxygen atoms in total. The van der Waals surface area contributed by atoms with Crippen LogP contribution in [-0.2, 0) is 10.0 Å². The molecule has 0 atom stereocenters. The SMILES string of the molecule is CCOc1ccc(NS(=O)(=O)c2ccc(Cl)c(C(=O)Nc3ccc(OC(F)F)cc3)c2)cc1. The van der Waals surface area contributed by atoms with E-state index in [1.807, 2.05) is 6.92 Å². The van der Waals surface area contributed by atoms with Gasteiger partial charge in [-0.3, -0.25) is 9.52 Å². The van der Waals surface area contributed by atoms with Gasteiger partial charge >= 0.3 is 6.61 Å². The third-order valence-electron chi connectivity index (χ3n) is 4.25. The minimum Gasteiger partial charge on any atom is -0.494 e. The molecular weight excluding hydrogens is 478 g/mol. The summed E-state index contributed by atoms with van der Waals surface area (Å²) in [5.74, 6) is -0.158. The van der Waals surface area contributed by atoms with Crippen molar-refractivity contribution in [2.24, 2.45) is 0 Å². The van der Waals surface area contributed by atoms with Crippen molar-refractivity contribution in [1.82, 2.24) is 0 Å². The van der Waals surface area contributed by atoms with Crippen LogP contribution in [-0.4, -0.2) is 27.5 Å². The topological polar surface area (TPSA) is 93.7 Å². The van der Waals surface area contributed by atoms with Gasteiger partial charge in [0.05, 0.1) is 22.1 Å². The lowest BCUT2D eigenvalue weighted by atomic mass is 10.2. The highest BCUT2D eigenvalue weighted by molar-refractivity contribution is 7.92. The van der Waals surface area contributed by atoms with Crippen LogP contribution in [0, 0.1) is 0 Å². The fraction of sp³-hybridized carbons (Fsp3) is 0.136. The lowest BCUT2D eigenvalue weighted by Gasteiger charge is -2.12. The van der Waals surface area contributed by atoms with E-state index in [0.29, 0.717) is 18.0 Å². The second kappa shape index (κ2) is 10.5. The first kappa shape index (κ1) is 24.3. The maximum absolute atomic E-state index is 12.8. The number of sulfonamides is 1. The Bertz CT molecular complexity index is 1220. The minimum atomic E-state index is -4.02. The average Bonchev–Trinajstić information content (AvgIpc) is 2.76. The monoisotopic (exact) mass is 496 g/mol. The summed E-state index contributed by atoms with van der Waals surface area (Å²) in [6.07, 6.45) is 0. The molecule has 0 saturated carbocycles. The van der Waals surface area contributed by atoms with Crippen LogP contribution < -0.4 is 19.5 Å². The highest BCUT2D eigenvalue weighted by Crippen LogP contribution is 2.25. The molecule has 0 spiro atoms. The number of alkyl halides is 2. The number of hydrogen-bond acceptors (Lipinski definition) is 5. The summed E-state index contributed by atoms with van der Waals surface area (Å²) >= 11 is 6.10. The van der Waals surface area contributed by atoms with Gasteiger partial charge in [-0.1, -0.05) is 11.6 Å². The van der Waals surface area contributed by atoms with Gasteiger partial charge in [0.25, 0.3) is 15.9 Å². The van der Waals surface area contributed by atoms with Gasteiger partial charge in [0, 0.05) is 11.4 Å². The molecule has 0 fully saturated rings. The Balaban J connectivity index is 1.76. The first-order valence-electron chi connectivity index (χ1n) is 9.59. The number of rotatable bonds is 9. The molecule has 3 rings (SSSR count). The number of ether oxygens (including phenoxy) is 2. The molecule has 174 valence electrons. The van der Waals surface area contributed by atoms with Crippen molar-refractivity contribution >= 4 is 38.9 Å². The maximum atomic E-state index is 12.8. The highest BCUT2D eigenvalue weighted by atomic mass is 35.5. The Kier molecular flexibility index (Phi) is 7.72. The molecule has 0 heterocycles. The largest absolute Gasteiger partial charge is 0.494 e. The Hall–Kier alpha value is -3.37. The van der Waals surface area contributed by atoms with Crippen molar-refractivity contribution < 1.29 is 31.5 Å². The first-order chi connectivity index (χ1) is 15.7. The molecule has 11 heteroatoms. The number of carbonyl (C=O) groups excluding carboxylic acids is 1. The molecule has 0 saturated heterocycles. The Morgan fingerprint density at radius 3 is 2.18 bits per heavy atom. The van der Waals surface area contributed by atoms with Crippen LogP contribution >= 0.6 is 11.6 Å². The predicted octanol–water partition coefficient (Wildman–Crippen LogP) is 5.39. The average molecular weight is 497 g/mol. The van der Waals surface area contributed by atoms with Crippen LogP contribution in [0.5, 0.6) is 11.5 Å². The lowest BCUT2D eigenvalue weighted by Crippen LogP contribution is -2.16. The summed E-state index contributed by atoms with van der Waals surface area (Å²) in [5, 5.41) is 2.56. The third-order valence-corrected chi connectivity index (χ3v) is 5.96. The predicted molar refractivity (Wildman–Crippen MR) is 121 cm³/mol. The van der Waals surface area contributed by atoms with Gasteiger partial charge in [0.2, 0.25) is 0 Å². The highest BCUT2D eigenvalue weighted by Gasteiger charge is 2.19. The Morgan fingerprint density at radius 1 is 0.970 bits per heavy atom. The maximum Gasteiger partial charge on any atom is 0.387 e. The van der Waals surface area contributed by atoms with Crippen molar-refractivity contribution in [2.75, 3.05) is 16.6 Å². The van der Waals surface area contributed by atoms with Gasteiger partial charge in [0.1, 0.15) is 11.5 Å². The number of anilines is 2. The molecule has 0 unspecified atom stereocenters. The van der Waals surface area contributed by atoms with E-state index in [9.17, 15) is 22.0 Å². The molecule has 0 aliphatic heterocycles. The number of nitrogens with one attached hydrogen (secondary N) is 2.